The standard InChI is InChI=1S/C19H20F2N4O/c1-12-8-24(9-13(2)26-12)10-16-17(20)5-15(6-18(16)21)25-4-3-14-7-22-11-23-19(14)25/h3-7,11-13H,8-10H2,1-2H3/t12-,13+. The Hall–Kier alpha value is -2.38. The van der Waals surface area contributed by atoms with Gasteiger partial charge in [-0.05, 0) is 32.0 Å². The average molecular weight is 358 g/mol. The zero-order chi connectivity index (χ0) is 18.3. The molecule has 0 saturated carbocycles. The molecule has 3 heterocycles. The van der Waals surface area contributed by atoms with Crippen LogP contribution in [0.5, 0.6) is 0 Å². The second-order valence-electron chi connectivity index (χ2n) is 6.83. The van der Waals surface area contributed by atoms with Gasteiger partial charge in [0, 0.05) is 43.0 Å². The van der Waals surface area contributed by atoms with E-state index >= 15 is 0 Å². The second kappa shape index (κ2) is 6.74. The molecule has 0 amide bonds. The van der Waals surface area contributed by atoms with Gasteiger partial charge in [0.2, 0.25) is 0 Å². The molecular weight excluding hydrogens is 338 g/mol. The van der Waals surface area contributed by atoms with Gasteiger partial charge < -0.3 is 9.30 Å². The molecular formula is C19H20F2N4O. The van der Waals surface area contributed by atoms with Crippen molar-refractivity contribution in [3.05, 3.63) is 54.1 Å². The first-order chi connectivity index (χ1) is 12.5. The highest BCUT2D eigenvalue weighted by Crippen LogP contribution is 2.24. The maximum atomic E-state index is 14.7. The Balaban J connectivity index is 1.65. The lowest BCUT2D eigenvalue weighted by Gasteiger charge is -2.35. The summed E-state index contributed by atoms with van der Waals surface area (Å²) in [6.07, 6.45) is 4.92. The molecule has 1 aromatic carbocycles. The van der Waals surface area contributed by atoms with Crippen molar-refractivity contribution in [3.8, 4) is 5.69 Å². The van der Waals surface area contributed by atoms with Gasteiger partial charge in [-0.15, -0.1) is 0 Å². The van der Waals surface area contributed by atoms with Gasteiger partial charge in [-0.25, -0.2) is 18.7 Å². The largest absolute Gasteiger partial charge is 0.373 e. The molecule has 0 aliphatic carbocycles. The third-order valence-corrected chi connectivity index (χ3v) is 4.63. The molecule has 7 heteroatoms. The normalized spacial score (nSPS) is 21.4. The van der Waals surface area contributed by atoms with Crippen LogP contribution < -0.4 is 0 Å². The lowest BCUT2D eigenvalue weighted by molar-refractivity contribution is -0.0709. The molecule has 1 saturated heterocycles. The molecule has 136 valence electrons. The number of ether oxygens (including phenoxy) is 1. The van der Waals surface area contributed by atoms with Crippen molar-refractivity contribution in [2.45, 2.75) is 32.6 Å². The number of fused-ring (bicyclic) bond motifs is 1. The smallest absolute Gasteiger partial charge is 0.147 e. The first-order valence-electron chi connectivity index (χ1n) is 8.64. The molecule has 5 nitrogen and oxygen atoms in total. The highest BCUT2D eigenvalue weighted by molar-refractivity contribution is 5.76. The lowest BCUT2D eigenvalue weighted by atomic mass is 10.1. The third kappa shape index (κ3) is 3.20. The molecule has 1 aliphatic heterocycles. The summed E-state index contributed by atoms with van der Waals surface area (Å²) >= 11 is 0. The highest BCUT2D eigenvalue weighted by Gasteiger charge is 2.24. The van der Waals surface area contributed by atoms with E-state index in [0.717, 1.165) is 5.39 Å². The van der Waals surface area contributed by atoms with Crippen LogP contribution in [-0.4, -0.2) is 44.7 Å². The van der Waals surface area contributed by atoms with E-state index in [1.54, 1.807) is 17.0 Å². The first kappa shape index (κ1) is 17.1. The second-order valence-corrected chi connectivity index (χ2v) is 6.83. The Bertz CT molecular complexity index is 909. The minimum atomic E-state index is -0.553. The van der Waals surface area contributed by atoms with Gasteiger partial charge in [0.15, 0.2) is 0 Å². The summed E-state index contributed by atoms with van der Waals surface area (Å²) in [4.78, 5) is 10.2. The van der Waals surface area contributed by atoms with Crippen LogP contribution in [0.15, 0.2) is 36.9 Å². The van der Waals surface area contributed by atoms with Crippen LogP contribution in [0.3, 0.4) is 0 Å². The van der Waals surface area contributed by atoms with E-state index in [0.29, 0.717) is 24.4 Å². The van der Waals surface area contributed by atoms with Gasteiger partial charge >= 0.3 is 0 Å². The number of benzene rings is 1. The van der Waals surface area contributed by atoms with Crippen molar-refractivity contribution in [2.24, 2.45) is 0 Å². The molecule has 2 atom stereocenters. The molecule has 0 radical (unpaired) electrons. The van der Waals surface area contributed by atoms with Gasteiger partial charge in [-0.2, -0.15) is 0 Å². The Morgan fingerprint density at radius 2 is 1.85 bits per heavy atom. The fourth-order valence-electron chi connectivity index (χ4n) is 3.60. The summed E-state index contributed by atoms with van der Waals surface area (Å²) in [5.74, 6) is -1.11. The van der Waals surface area contributed by atoms with Gasteiger partial charge in [0.25, 0.3) is 0 Å². The number of aromatic nitrogens is 3. The average Bonchev–Trinajstić information content (AvgIpc) is 3.01. The maximum absolute atomic E-state index is 14.7. The van der Waals surface area contributed by atoms with E-state index in [-0.39, 0.29) is 24.3 Å². The Labute approximate surface area is 150 Å². The minimum Gasteiger partial charge on any atom is -0.373 e. The molecule has 0 N–H and O–H groups in total. The van der Waals surface area contributed by atoms with Gasteiger partial charge in [0.05, 0.1) is 17.9 Å². The Morgan fingerprint density at radius 3 is 2.54 bits per heavy atom. The molecule has 0 unspecified atom stereocenters. The van der Waals surface area contributed by atoms with Gasteiger partial charge in [-0.1, -0.05) is 0 Å². The molecule has 0 bridgehead atoms. The number of hydrogen-bond acceptors (Lipinski definition) is 4. The van der Waals surface area contributed by atoms with E-state index in [1.807, 2.05) is 24.8 Å². The van der Waals surface area contributed by atoms with Crippen LogP contribution in [0.2, 0.25) is 0 Å². The highest BCUT2D eigenvalue weighted by atomic mass is 19.1. The van der Waals surface area contributed by atoms with Crippen molar-refractivity contribution in [1.29, 1.82) is 0 Å². The van der Waals surface area contributed by atoms with E-state index in [9.17, 15) is 8.78 Å². The zero-order valence-corrected chi connectivity index (χ0v) is 14.7. The van der Waals surface area contributed by atoms with E-state index in [4.69, 9.17) is 4.74 Å². The van der Waals surface area contributed by atoms with Crippen molar-refractivity contribution in [1.82, 2.24) is 19.4 Å². The summed E-state index contributed by atoms with van der Waals surface area (Å²) in [6, 6.07) is 4.52. The van der Waals surface area contributed by atoms with Crippen molar-refractivity contribution in [3.63, 3.8) is 0 Å². The molecule has 3 aromatic rings. The minimum absolute atomic E-state index is 0.0510. The SMILES string of the molecule is C[C@@H]1CN(Cc2c(F)cc(-n3ccc4cncnc43)cc2F)C[C@H](C)O1. The summed E-state index contributed by atoms with van der Waals surface area (Å²) in [5, 5.41) is 0.814. The number of morpholine rings is 1. The quantitative estimate of drug-likeness (QED) is 0.721. The predicted molar refractivity (Wildman–Crippen MR) is 94.1 cm³/mol. The van der Waals surface area contributed by atoms with E-state index in [2.05, 4.69) is 9.97 Å². The van der Waals surface area contributed by atoms with Gasteiger partial charge in [-0.3, -0.25) is 4.90 Å². The fraction of sp³-hybridized carbons (Fsp3) is 0.368. The first-order valence-corrected chi connectivity index (χ1v) is 8.64. The summed E-state index contributed by atoms with van der Waals surface area (Å²) in [5.41, 5.74) is 1.10. The Morgan fingerprint density at radius 1 is 1.15 bits per heavy atom. The molecule has 0 spiro atoms. The molecule has 1 aliphatic rings. The topological polar surface area (TPSA) is 43.2 Å². The molecule has 2 aromatic heterocycles. The lowest BCUT2D eigenvalue weighted by Crippen LogP contribution is -2.45. The fourth-order valence-corrected chi connectivity index (χ4v) is 3.60. The van der Waals surface area contributed by atoms with E-state index in [1.165, 1.54) is 18.5 Å². The monoisotopic (exact) mass is 358 g/mol. The number of rotatable bonds is 3. The summed E-state index contributed by atoms with van der Waals surface area (Å²) in [7, 11) is 0. The summed E-state index contributed by atoms with van der Waals surface area (Å²) < 4.78 is 36.8. The van der Waals surface area contributed by atoms with Crippen LogP contribution in [0.4, 0.5) is 8.78 Å². The predicted octanol–water partition coefficient (Wildman–Crippen LogP) is 3.31. The maximum Gasteiger partial charge on any atom is 0.147 e. The van der Waals surface area contributed by atoms with Gasteiger partial charge in [0.1, 0.15) is 23.6 Å². The van der Waals surface area contributed by atoms with Crippen molar-refractivity contribution in [2.75, 3.05) is 13.1 Å². The number of halogens is 2. The number of nitrogens with zero attached hydrogens (tertiary/aromatic N) is 4. The van der Waals surface area contributed by atoms with E-state index < -0.39 is 11.6 Å². The number of hydrogen-bond donors (Lipinski definition) is 0. The van der Waals surface area contributed by atoms with Crippen molar-refractivity contribution < 1.29 is 13.5 Å². The van der Waals surface area contributed by atoms with Crippen LogP contribution in [-0.2, 0) is 11.3 Å². The molecule has 26 heavy (non-hydrogen) atoms. The van der Waals surface area contributed by atoms with Crippen LogP contribution in [0.1, 0.15) is 19.4 Å². The molecule has 1 fully saturated rings. The van der Waals surface area contributed by atoms with Crippen LogP contribution in [0, 0.1) is 11.6 Å². The van der Waals surface area contributed by atoms with Crippen LogP contribution in [0.25, 0.3) is 16.7 Å². The Kier molecular flexibility index (Phi) is 4.42. The summed E-state index contributed by atoms with van der Waals surface area (Å²) in [6.45, 7) is 5.48. The molecule has 4 rings (SSSR count). The van der Waals surface area contributed by atoms with Crippen LogP contribution >= 0.6 is 0 Å². The third-order valence-electron chi connectivity index (χ3n) is 4.63. The zero-order valence-electron chi connectivity index (χ0n) is 14.7. The van der Waals surface area contributed by atoms with Crippen molar-refractivity contribution >= 4 is 11.0 Å².